The minimum absolute atomic E-state index is 0.0213. The van der Waals surface area contributed by atoms with Gasteiger partial charge in [-0.3, -0.25) is 9.59 Å². The molecule has 2 amide bonds. The Labute approximate surface area is 119 Å². The summed E-state index contributed by atoms with van der Waals surface area (Å²) in [5, 5.41) is 5.95. The normalized spacial score (nSPS) is 14.6. The molecule has 5 heteroatoms. The van der Waals surface area contributed by atoms with E-state index < -0.39 is 0 Å². The van der Waals surface area contributed by atoms with Crippen molar-refractivity contribution in [1.29, 1.82) is 0 Å². The lowest BCUT2D eigenvalue weighted by molar-refractivity contribution is -0.138. The van der Waals surface area contributed by atoms with Gasteiger partial charge >= 0.3 is 0 Å². The molecule has 1 fully saturated rings. The molecule has 0 unspecified atom stereocenters. The first-order valence-corrected chi connectivity index (χ1v) is 6.81. The largest absolute Gasteiger partial charge is 0.336 e. The van der Waals surface area contributed by atoms with E-state index in [-0.39, 0.29) is 24.3 Å². The number of amides is 2. The Bertz CT molecular complexity index is 504. The Balaban J connectivity index is 1.93. The van der Waals surface area contributed by atoms with Gasteiger partial charge in [-0.1, -0.05) is 18.2 Å². The van der Waals surface area contributed by atoms with Gasteiger partial charge in [0.25, 0.3) is 0 Å². The topological polar surface area (TPSA) is 61.4 Å². The van der Waals surface area contributed by atoms with Gasteiger partial charge in [0.05, 0.1) is 12.5 Å². The molecule has 2 N–H and O–H groups in total. The molecule has 5 nitrogen and oxygen atoms in total. The lowest BCUT2D eigenvalue weighted by Crippen LogP contribution is -2.52. The fraction of sp³-hybridized carbons (Fsp3) is 0.467. The summed E-state index contributed by atoms with van der Waals surface area (Å²) in [6.07, 6.45) is 0. The third kappa shape index (κ3) is 3.17. The van der Waals surface area contributed by atoms with Gasteiger partial charge in [-0.05, 0) is 25.0 Å². The smallest absolute Gasteiger partial charge is 0.243 e. The molecule has 1 aliphatic rings. The fourth-order valence-electron chi connectivity index (χ4n) is 2.26. The van der Waals surface area contributed by atoms with E-state index in [4.69, 9.17) is 0 Å². The SMILES string of the molecule is Cc1cccc(C)c1NC(=O)CN(C)C(=O)C1CNC1. The van der Waals surface area contributed by atoms with E-state index >= 15 is 0 Å². The second-order valence-corrected chi connectivity index (χ2v) is 5.36. The van der Waals surface area contributed by atoms with Gasteiger partial charge in [0, 0.05) is 25.8 Å². The first kappa shape index (κ1) is 14.5. The van der Waals surface area contributed by atoms with E-state index in [9.17, 15) is 9.59 Å². The third-order valence-corrected chi connectivity index (χ3v) is 3.63. The number of nitrogens with one attached hydrogen (secondary N) is 2. The van der Waals surface area contributed by atoms with Crippen molar-refractivity contribution in [2.45, 2.75) is 13.8 Å². The van der Waals surface area contributed by atoms with Crippen molar-refractivity contribution in [3.63, 3.8) is 0 Å². The second kappa shape index (κ2) is 6.05. The number of hydrogen-bond donors (Lipinski definition) is 2. The number of nitrogens with zero attached hydrogens (tertiary/aromatic N) is 1. The number of para-hydroxylation sites is 1. The van der Waals surface area contributed by atoms with E-state index in [0.29, 0.717) is 13.1 Å². The lowest BCUT2D eigenvalue weighted by Gasteiger charge is -2.30. The van der Waals surface area contributed by atoms with Gasteiger partial charge in [-0.15, -0.1) is 0 Å². The van der Waals surface area contributed by atoms with Gasteiger partial charge in [-0.25, -0.2) is 0 Å². The lowest BCUT2D eigenvalue weighted by atomic mass is 10.0. The van der Waals surface area contributed by atoms with Crippen LogP contribution in [-0.4, -0.2) is 43.4 Å². The molecule has 20 heavy (non-hydrogen) atoms. The Kier molecular flexibility index (Phi) is 4.39. The van der Waals surface area contributed by atoms with Crippen LogP contribution >= 0.6 is 0 Å². The Morgan fingerprint density at radius 2 is 1.90 bits per heavy atom. The minimum Gasteiger partial charge on any atom is -0.336 e. The quantitative estimate of drug-likeness (QED) is 0.859. The maximum atomic E-state index is 12.0. The highest BCUT2D eigenvalue weighted by molar-refractivity contribution is 5.96. The number of carbonyl (C=O) groups excluding carboxylic acids is 2. The molecule has 1 aromatic carbocycles. The molecule has 1 aliphatic heterocycles. The van der Waals surface area contributed by atoms with Crippen LogP contribution in [0.15, 0.2) is 18.2 Å². The molecule has 1 aromatic rings. The molecule has 0 aliphatic carbocycles. The van der Waals surface area contributed by atoms with E-state index in [2.05, 4.69) is 10.6 Å². The maximum absolute atomic E-state index is 12.0. The monoisotopic (exact) mass is 275 g/mol. The van der Waals surface area contributed by atoms with Gasteiger partial charge in [-0.2, -0.15) is 0 Å². The molecule has 2 rings (SSSR count). The summed E-state index contributed by atoms with van der Waals surface area (Å²) in [6, 6.07) is 5.87. The zero-order chi connectivity index (χ0) is 14.7. The van der Waals surface area contributed by atoms with Crippen molar-refractivity contribution in [3.8, 4) is 0 Å². The van der Waals surface area contributed by atoms with Crippen LogP contribution in [-0.2, 0) is 9.59 Å². The molecule has 0 saturated carbocycles. The Hall–Kier alpha value is -1.88. The molecule has 1 saturated heterocycles. The van der Waals surface area contributed by atoms with Crippen molar-refractivity contribution in [2.24, 2.45) is 5.92 Å². The summed E-state index contributed by atoms with van der Waals surface area (Å²) >= 11 is 0. The van der Waals surface area contributed by atoms with E-state index in [0.717, 1.165) is 16.8 Å². The molecule has 0 bridgehead atoms. The van der Waals surface area contributed by atoms with Gasteiger partial charge in [0.2, 0.25) is 11.8 Å². The highest BCUT2D eigenvalue weighted by atomic mass is 16.2. The number of benzene rings is 1. The zero-order valence-electron chi connectivity index (χ0n) is 12.2. The molecule has 0 atom stereocenters. The fourth-order valence-corrected chi connectivity index (χ4v) is 2.26. The Morgan fingerprint density at radius 1 is 1.30 bits per heavy atom. The highest BCUT2D eigenvalue weighted by Crippen LogP contribution is 2.19. The maximum Gasteiger partial charge on any atom is 0.243 e. The molecular weight excluding hydrogens is 254 g/mol. The van der Waals surface area contributed by atoms with Gasteiger partial charge in [0.15, 0.2) is 0 Å². The van der Waals surface area contributed by atoms with Crippen molar-refractivity contribution in [2.75, 3.05) is 32.0 Å². The van der Waals surface area contributed by atoms with E-state index in [1.165, 1.54) is 4.90 Å². The number of aryl methyl sites for hydroxylation is 2. The van der Waals surface area contributed by atoms with Crippen molar-refractivity contribution in [1.82, 2.24) is 10.2 Å². The van der Waals surface area contributed by atoms with Crippen molar-refractivity contribution < 1.29 is 9.59 Å². The predicted octanol–water partition coefficient (Wildman–Crippen LogP) is 0.920. The van der Waals surface area contributed by atoms with Crippen LogP contribution < -0.4 is 10.6 Å². The number of rotatable bonds is 4. The van der Waals surface area contributed by atoms with Crippen LogP contribution in [0, 0.1) is 19.8 Å². The van der Waals surface area contributed by atoms with Crippen LogP contribution in [0.25, 0.3) is 0 Å². The van der Waals surface area contributed by atoms with Crippen molar-refractivity contribution in [3.05, 3.63) is 29.3 Å². The predicted molar refractivity (Wildman–Crippen MR) is 78.5 cm³/mol. The minimum atomic E-state index is -0.162. The zero-order valence-corrected chi connectivity index (χ0v) is 12.2. The molecule has 108 valence electrons. The molecule has 0 spiro atoms. The number of hydrogen-bond acceptors (Lipinski definition) is 3. The number of likely N-dealkylation sites (N-methyl/N-ethyl adjacent to an activating group) is 1. The van der Waals surface area contributed by atoms with Crippen LogP contribution in [0.5, 0.6) is 0 Å². The first-order valence-electron chi connectivity index (χ1n) is 6.81. The second-order valence-electron chi connectivity index (χ2n) is 5.36. The van der Waals surface area contributed by atoms with Gasteiger partial charge in [0.1, 0.15) is 0 Å². The standard InChI is InChI=1S/C15H21N3O2/c1-10-5-4-6-11(2)14(10)17-13(19)9-18(3)15(20)12-7-16-8-12/h4-6,12,16H,7-9H2,1-3H3,(H,17,19). The van der Waals surface area contributed by atoms with E-state index in [1.807, 2.05) is 32.0 Å². The summed E-state index contributed by atoms with van der Waals surface area (Å²) in [6.45, 7) is 5.42. The van der Waals surface area contributed by atoms with Crippen molar-refractivity contribution >= 4 is 17.5 Å². The number of anilines is 1. The third-order valence-electron chi connectivity index (χ3n) is 3.63. The van der Waals surface area contributed by atoms with Crippen LogP contribution in [0.4, 0.5) is 5.69 Å². The van der Waals surface area contributed by atoms with Crippen LogP contribution in [0.1, 0.15) is 11.1 Å². The summed E-state index contributed by atoms with van der Waals surface area (Å²) in [5.74, 6) is -0.112. The average Bonchev–Trinajstić information content (AvgIpc) is 2.31. The van der Waals surface area contributed by atoms with Gasteiger partial charge < -0.3 is 15.5 Å². The molecular formula is C15H21N3O2. The summed E-state index contributed by atoms with van der Waals surface area (Å²) in [5.41, 5.74) is 2.88. The molecule has 0 radical (unpaired) electrons. The summed E-state index contributed by atoms with van der Waals surface area (Å²) < 4.78 is 0. The molecule has 0 aromatic heterocycles. The summed E-state index contributed by atoms with van der Waals surface area (Å²) in [4.78, 5) is 25.5. The number of carbonyl (C=O) groups is 2. The Morgan fingerprint density at radius 3 is 2.40 bits per heavy atom. The first-order chi connectivity index (χ1) is 9.49. The average molecular weight is 275 g/mol. The van der Waals surface area contributed by atoms with Crippen LogP contribution in [0.2, 0.25) is 0 Å². The van der Waals surface area contributed by atoms with E-state index in [1.54, 1.807) is 7.05 Å². The summed E-state index contributed by atoms with van der Waals surface area (Å²) in [7, 11) is 1.67. The highest BCUT2D eigenvalue weighted by Gasteiger charge is 2.28. The van der Waals surface area contributed by atoms with Crippen LogP contribution in [0.3, 0.4) is 0 Å². The molecule has 1 heterocycles.